The maximum atomic E-state index is 12.1. The summed E-state index contributed by atoms with van der Waals surface area (Å²) in [4.78, 5) is 22.9. The van der Waals surface area contributed by atoms with Crippen LogP contribution in [-0.2, 0) is 21.4 Å². The quantitative estimate of drug-likeness (QED) is 0.840. The Bertz CT molecular complexity index is 526. The van der Waals surface area contributed by atoms with Gasteiger partial charge < -0.3 is 15.2 Å². The largest absolute Gasteiger partial charge is 0.479 e. The van der Waals surface area contributed by atoms with Crippen molar-refractivity contribution in [2.45, 2.75) is 44.9 Å². The Hall–Kier alpha value is -1.89. The van der Waals surface area contributed by atoms with Gasteiger partial charge in [0, 0.05) is 18.3 Å². The Morgan fingerprint density at radius 1 is 1.50 bits per heavy atom. The monoisotopic (exact) mass is 281 g/mol. The van der Waals surface area contributed by atoms with Crippen LogP contribution in [0.1, 0.15) is 37.1 Å². The van der Waals surface area contributed by atoms with E-state index in [2.05, 4.69) is 10.4 Å². The number of carbonyl (C=O) groups excluding carboxylic acids is 1. The van der Waals surface area contributed by atoms with E-state index in [-0.39, 0.29) is 11.9 Å². The van der Waals surface area contributed by atoms with Crippen LogP contribution in [0.3, 0.4) is 0 Å². The van der Waals surface area contributed by atoms with E-state index in [1.807, 2.05) is 20.9 Å². The topological polar surface area (TPSA) is 93.5 Å². The number of carboxylic acids is 1. The van der Waals surface area contributed by atoms with Crippen molar-refractivity contribution < 1.29 is 19.4 Å². The lowest BCUT2D eigenvalue weighted by Gasteiger charge is -2.17. The lowest BCUT2D eigenvalue weighted by atomic mass is 10.1. The Morgan fingerprint density at radius 3 is 2.65 bits per heavy atom. The third-order valence-corrected chi connectivity index (χ3v) is 3.69. The molecule has 2 heterocycles. The van der Waals surface area contributed by atoms with Crippen LogP contribution in [0.4, 0.5) is 0 Å². The number of hydrogen-bond acceptors (Lipinski definition) is 4. The van der Waals surface area contributed by atoms with Gasteiger partial charge in [-0.15, -0.1) is 0 Å². The van der Waals surface area contributed by atoms with Gasteiger partial charge in [0.25, 0.3) is 0 Å². The summed E-state index contributed by atoms with van der Waals surface area (Å²) in [5.41, 5.74) is 1.92. The fourth-order valence-electron chi connectivity index (χ4n) is 2.34. The van der Waals surface area contributed by atoms with Crippen LogP contribution < -0.4 is 5.32 Å². The molecule has 1 aliphatic heterocycles. The standard InChI is InChI=1S/C13H19N3O4/c1-7(9-6-14-16(3)8(9)2)15-12(17)10-4-5-11(20-10)13(18)19/h6-7,10-11H,4-5H2,1-3H3,(H,15,17)(H,18,19). The van der Waals surface area contributed by atoms with Crippen LogP contribution in [0.25, 0.3) is 0 Å². The number of amides is 1. The highest BCUT2D eigenvalue weighted by Crippen LogP contribution is 2.22. The Morgan fingerprint density at radius 2 is 2.15 bits per heavy atom. The van der Waals surface area contributed by atoms with E-state index in [1.165, 1.54) is 0 Å². The second kappa shape index (κ2) is 5.62. The minimum Gasteiger partial charge on any atom is -0.479 e. The summed E-state index contributed by atoms with van der Waals surface area (Å²) in [6.45, 7) is 3.79. The molecule has 1 aliphatic rings. The normalized spacial score (nSPS) is 23.6. The molecule has 1 saturated heterocycles. The van der Waals surface area contributed by atoms with Gasteiger partial charge in [0.1, 0.15) is 6.10 Å². The molecule has 110 valence electrons. The van der Waals surface area contributed by atoms with Crippen molar-refractivity contribution in [1.82, 2.24) is 15.1 Å². The summed E-state index contributed by atoms with van der Waals surface area (Å²) >= 11 is 0. The Balaban J connectivity index is 1.95. The van der Waals surface area contributed by atoms with Crippen LogP contribution in [-0.4, -0.2) is 39.0 Å². The van der Waals surface area contributed by atoms with E-state index >= 15 is 0 Å². The highest BCUT2D eigenvalue weighted by atomic mass is 16.5. The third-order valence-electron chi connectivity index (χ3n) is 3.69. The number of aliphatic carboxylic acids is 1. The molecule has 7 nitrogen and oxygen atoms in total. The molecular weight excluding hydrogens is 262 g/mol. The molecule has 3 unspecified atom stereocenters. The number of ether oxygens (including phenoxy) is 1. The first kappa shape index (κ1) is 14.5. The highest BCUT2D eigenvalue weighted by Gasteiger charge is 2.35. The summed E-state index contributed by atoms with van der Waals surface area (Å²) in [6.07, 6.45) is 0.960. The van der Waals surface area contributed by atoms with Gasteiger partial charge in [-0.05, 0) is 26.7 Å². The van der Waals surface area contributed by atoms with Crippen LogP contribution in [0, 0.1) is 6.92 Å². The zero-order valence-electron chi connectivity index (χ0n) is 11.8. The van der Waals surface area contributed by atoms with Crippen molar-refractivity contribution in [3.63, 3.8) is 0 Å². The summed E-state index contributed by atoms with van der Waals surface area (Å²) in [5.74, 6) is -1.29. The molecule has 1 aromatic rings. The summed E-state index contributed by atoms with van der Waals surface area (Å²) in [5, 5.41) is 15.8. The molecule has 20 heavy (non-hydrogen) atoms. The molecule has 2 N–H and O–H groups in total. The molecule has 0 bridgehead atoms. The molecule has 7 heteroatoms. The van der Waals surface area contributed by atoms with Crippen molar-refractivity contribution in [1.29, 1.82) is 0 Å². The first-order valence-electron chi connectivity index (χ1n) is 6.57. The average Bonchev–Trinajstić information content (AvgIpc) is 2.98. The minimum atomic E-state index is -1.02. The van der Waals surface area contributed by atoms with Gasteiger partial charge in [0.05, 0.1) is 12.2 Å². The van der Waals surface area contributed by atoms with Crippen LogP contribution >= 0.6 is 0 Å². The number of hydrogen-bond donors (Lipinski definition) is 2. The number of nitrogens with one attached hydrogen (secondary N) is 1. The van der Waals surface area contributed by atoms with E-state index in [4.69, 9.17) is 9.84 Å². The lowest BCUT2D eigenvalue weighted by molar-refractivity contribution is -0.151. The SMILES string of the molecule is Cc1c(C(C)NC(=O)C2CCC(C(=O)O)O2)cnn1C. The van der Waals surface area contributed by atoms with E-state index in [0.717, 1.165) is 11.3 Å². The second-order valence-corrected chi connectivity index (χ2v) is 5.07. The van der Waals surface area contributed by atoms with E-state index in [0.29, 0.717) is 12.8 Å². The van der Waals surface area contributed by atoms with E-state index in [9.17, 15) is 9.59 Å². The fourth-order valence-corrected chi connectivity index (χ4v) is 2.34. The third kappa shape index (κ3) is 2.82. The first-order chi connectivity index (χ1) is 9.40. The number of nitrogens with zero attached hydrogens (tertiary/aromatic N) is 2. The zero-order chi connectivity index (χ0) is 14.9. The first-order valence-corrected chi connectivity index (χ1v) is 6.57. The molecular formula is C13H19N3O4. The van der Waals surface area contributed by atoms with Crippen molar-refractivity contribution in [2.24, 2.45) is 7.05 Å². The predicted molar refractivity (Wildman–Crippen MR) is 70.0 cm³/mol. The molecule has 0 aliphatic carbocycles. The summed E-state index contributed by atoms with van der Waals surface area (Å²) in [7, 11) is 1.84. The molecule has 2 rings (SSSR count). The fraction of sp³-hybridized carbons (Fsp3) is 0.615. The van der Waals surface area contributed by atoms with Crippen molar-refractivity contribution >= 4 is 11.9 Å². The van der Waals surface area contributed by atoms with Crippen LogP contribution in [0.15, 0.2) is 6.20 Å². The molecule has 0 aromatic carbocycles. The number of carboxylic acid groups (broad SMARTS) is 1. The highest BCUT2D eigenvalue weighted by molar-refractivity contribution is 5.83. The van der Waals surface area contributed by atoms with Crippen LogP contribution in [0.2, 0.25) is 0 Å². The van der Waals surface area contributed by atoms with Gasteiger partial charge in [-0.3, -0.25) is 9.48 Å². The summed E-state index contributed by atoms with van der Waals surface area (Å²) in [6, 6.07) is -0.191. The Labute approximate surface area is 116 Å². The number of rotatable bonds is 4. The number of carbonyl (C=O) groups is 2. The molecule has 0 spiro atoms. The van der Waals surface area contributed by atoms with Gasteiger partial charge in [0.2, 0.25) is 5.91 Å². The molecule has 1 amide bonds. The molecule has 3 atom stereocenters. The maximum absolute atomic E-state index is 12.1. The van der Waals surface area contributed by atoms with Gasteiger partial charge in [-0.2, -0.15) is 5.10 Å². The van der Waals surface area contributed by atoms with Crippen LogP contribution in [0.5, 0.6) is 0 Å². The molecule has 0 radical (unpaired) electrons. The minimum absolute atomic E-state index is 0.191. The van der Waals surface area contributed by atoms with Gasteiger partial charge in [0.15, 0.2) is 6.10 Å². The van der Waals surface area contributed by atoms with Crippen molar-refractivity contribution in [3.8, 4) is 0 Å². The van der Waals surface area contributed by atoms with Gasteiger partial charge in [-0.1, -0.05) is 0 Å². The molecule has 1 fully saturated rings. The molecule has 0 saturated carbocycles. The van der Waals surface area contributed by atoms with Gasteiger partial charge >= 0.3 is 5.97 Å². The molecule has 1 aromatic heterocycles. The van der Waals surface area contributed by atoms with Crippen molar-refractivity contribution in [2.75, 3.05) is 0 Å². The van der Waals surface area contributed by atoms with E-state index in [1.54, 1.807) is 10.9 Å². The zero-order valence-corrected chi connectivity index (χ0v) is 11.8. The number of aromatic nitrogens is 2. The average molecular weight is 281 g/mol. The summed E-state index contributed by atoms with van der Waals surface area (Å²) < 4.78 is 6.97. The Kier molecular flexibility index (Phi) is 4.08. The lowest BCUT2D eigenvalue weighted by Crippen LogP contribution is -2.37. The maximum Gasteiger partial charge on any atom is 0.332 e. The number of aryl methyl sites for hydroxylation is 1. The van der Waals surface area contributed by atoms with Crippen molar-refractivity contribution in [3.05, 3.63) is 17.5 Å². The van der Waals surface area contributed by atoms with Gasteiger partial charge in [-0.25, -0.2) is 4.79 Å². The predicted octanol–water partition coefficient (Wildman–Crippen LogP) is 0.538. The second-order valence-electron chi connectivity index (χ2n) is 5.07. The van der Waals surface area contributed by atoms with E-state index < -0.39 is 18.2 Å². The smallest absolute Gasteiger partial charge is 0.332 e.